The lowest BCUT2D eigenvalue weighted by atomic mass is 10.1. The van der Waals surface area contributed by atoms with Crippen LogP contribution < -0.4 is 10.6 Å². The molecular weight excluding hydrogens is 505 g/mol. The van der Waals surface area contributed by atoms with Gasteiger partial charge in [0, 0.05) is 32.1 Å². The van der Waals surface area contributed by atoms with Gasteiger partial charge in [0.15, 0.2) is 5.96 Å². The van der Waals surface area contributed by atoms with Crippen LogP contribution >= 0.6 is 24.0 Å². The van der Waals surface area contributed by atoms with Crippen molar-refractivity contribution in [2.45, 2.75) is 20.4 Å². The first-order chi connectivity index (χ1) is 13.3. The van der Waals surface area contributed by atoms with Crippen molar-refractivity contribution in [1.29, 1.82) is 0 Å². The van der Waals surface area contributed by atoms with Crippen molar-refractivity contribution in [2.24, 2.45) is 4.99 Å². The summed E-state index contributed by atoms with van der Waals surface area (Å²) < 4.78 is 29.4. The molecule has 10 heteroatoms. The third-order valence-electron chi connectivity index (χ3n) is 4.04. The third-order valence-corrected chi connectivity index (χ3v) is 4.94. The standard InChI is InChI=1S/C19H29N5O3S.HI/c1-15-13-16(2)24(23-15)18-8-6-5-7-17(18)14-22-19(20-3)21-9-10-27-11-12-28(4,25)26;/h5-8,13H,9-12,14H2,1-4H3,(H2,20,21,22);1H. The van der Waals surface area contributed by atoms with Crippen molar-refractivity contribution in [1.82, 2.24) is 20.4 Å². The van der Waals surface area contributed by atoms with Crippen molar-refractivity contribution in [3.8, 4) is 5.69 Å². The highest BCUT2D eigenvalue weighted by molar-refractivity contribution is 14.0. The number of para-hydroxylation sites is 1. The van der Waals surface area contributed by atoms with Crippen LogP contribution in [0, 0.1) is 13.8 Å². The predicted molar refractivity (Wildman–Crippen MR) is 127 cm³/mol. The summed E-state index contributed by atoms with van der Waals surface area (Å²) in [5.41, 5.74) is 4.19. The Morgan fingerprint density at radius 1 is 1.21 bits per heavy atom. The van der Waals surface area contributed by atoms with Crippen LogP contribution in [0.15, 0.2) is 35.3 Å². The summed E-state index contributed by atoms with van der Waals surface area (Å²) in [6.07, 6.45) is 1.20. The number of ether oxygens (including phenoxy) is 1. The molecule has 0 saturated heterocycles. The van der Waals surface area contributed by atoms with Crippen molar-refractivity contribution >= 4 is 39.8 Å². The van der Waals surface area contributed by atoms with Crippen LogP contribution in [0.5, 0.6) is 0 Å². The number of hydrogen-bond acceptors (Lipinski definition) is 5. The molecule has 0 bridgehead atoms. The fourth-order valence-electron chi connectivity index (χ4n) is 2.69. The first-order valence-corrected chi connectivity index (χ1v) is 11.2. The minimum absolute atomic E-state index is 0. The molecule has 0 fully saturated rings. The van der Waals surface area contributed by atoms with Crippen molar-refractivity contribution in [2.75, 3.05) is 38.8 Å². The van der Waals surface area contributed by atoms with Gasteiger partial charge in [0.1, 0.15) is 9.84 Å². The molecule has 0 radical (unpaired) electrons. The zero-order chi connectivity index (χ0) is 20.6. The zero-order valence-electron chi connectivity index (χ0n) is 17.3. The summed E-state index contributed by atoms with van der Waals surface area (Å²) >= 11 is 0. The monoisotopic (exact) mass is 535 g/mol. The Morgan fingerprint density at radius 2 is 1.93 bits per heavy atom. The lowest BCUT2D eigenvalue weighted by molar-refractivity contribution is 0.154. The van der Waals surface area contributed by atoms with E-state index in [0.29, 0.717) is 25.7 Å². The number of nitrogens with zero attached hydrogens (tertiary/aromatic N) is 3. The van der Waals surface area contributed by atoms with Gasteiger partial charge in [0.05, 0.1) is 30.3 Å². The Bertz CT molecular complexity index is 912. The first-order valence-electron chi connectivity index (χ1n) is 9.11. The normalized spacial score (nSPS) is 11.8. The van der Waals surface area contributed by atoms with Crippen LogP contribution in [0.4, 0.5) is 0 Å². The molecule has 2 aromatic rings. The minimum Gasteiger partial charge on any atom is -0.379 e. The molecule has 0 spiro atoms. The number of aromatic nitrogens is 2. The summed E-state index contributed by atoms with van der Waals surface area (Å²) in [7, 11) is -1.29. The largest absolute Gasteiger partial charge is 0.379 e. The Hall–Kier alpha value is -1.66. The number of nitrogens with one attached hydrogen (secondary N) is 2. The van der Waals surface area contributed by atoms with Gasteiger partial charge >= 0.3 is 0 Å². The van der Waals surface area contributed by atoms with Crippen LogP contribution in [0.3, 0.4) is 0 Å². The average molecular weight is 535 g/mol. The van der Waals surface area contributed by atoms with Gasteiger partial charge < -0.3 is 15.4 Å². The van der Waals surface area contributed by atoms with E-state index in [-0.39, 0.29) is 36.3 Å². The summed E-state index contributed by atoms with van der Waals surface area (Å²) in [6.45, 7) is 5.73. The summed E-state index contributed by atoms with van der Waals surface area (Å²) in [5, 5.41) is 11.0. The highest BCUT2D eigenvalue weighted by atomic mass is 127. The Kier molecular flexibility index (Phi) is 10.6. The van der Waals surface area contributed by atoms with Crippen LogP contribution in [-0.2, 0) is 21.1 Å². The molecule has 0 unspecified atom stereocenters. The number of hydrogen-bond donors (Lipinski definition) is 2. The second-order valence-corrected chi connectivity index (χ2v) is 8.82. The van der Waals surface area contributed by atoms with Gasteiger partial charge in [-0.2, -0.15) is 5.10 Å². The molecule has 162 valence electrons. The SMILES string of the molecule is CN=C(NCCOCCS(C)(=O)=O)NCc1ccccc1-n1nc(C)cc1C.I. The minimum atomic E-state index is -2.99. The molecule has 0 amide bonds. The molecule has 1 aromatic heterocycles. The number of aryl methyl sites for hydroxylation is 2. The summed E-state index contributed by atoms with van der Waals surface area (Å²) in [5.74, 6) is 0.679. The summed E-state index contributed by atoms with van der Waals surface area (Å²) in [4.78, 5) is 4.20. The second-order valence-electron chi connectivity index (χ2n) is 6.56. The molecule has 0 saturated carbocycles. The van der Waals surface area contributed by atoms with E-state index in [2.05, 4.69) is 32.9 Å². The van der Waals surface area contributed by atoms with Crippen molar-refractivity contribution < 1.29 is 13.2 Å². The first kappa shape index (κ1) is 25.4. The molecule has 1 heterocycles. The molecule has 1 aromatic carbocycles. The number of guanidine groups is 1. The zero-order valence-corrected chi connectivity index (χ0v) is 20.5. The summed E-state index contributed by atoms with van der Waals surface area (Å²) in [6, 6.07) is 10.1. The van der Waals surface area contributed by atoms with Crippen LogP contribution in [0.1, 0.15) is 17.0 Å². The van der Waals surface area contributed by atoms with Crippen molar-refractivity contribution in [3.63, 3.8) is 0 Å². The molecule has 2 N–H and O–H groups in total. The molecule has 0 aliphatic rings. The van der Waals surface area contributed by atoms with Gasteiger partial charge in [-0.3, -0.25) is 4.99 Å². The number of halogens is 1. The fraction of sp³-hybridized carbons (Fsp3) is 0.474. The van der Waals surface area contributed by atoms with Gasteiger partial charge in [-0.1, -0.05) is 18.2 Å². The maximum Gasteiger partial charge on any atom is 0.191 e. The van der Waals surface area contributed by atoms with Gasteiger partial charge in [-0.15, -0.1) is 24.0 Å². The molecule has 8 nitrogen and oxygen atoms in total. The number of rotatable bonds is 9. The fourth-order valence-corrected chi connectivity index (χ4v) is 3.11. The molecule has 0 aliphatic heterocycles. The van der Waals surface area contributed by atoms with E-state index in [9.17, 15) is 8.42 Å². The van der Waals surface area contributed by atoms with Gasteiger partial charge in [0.25, 0.3) is 0 Å². The van der Waals surface area contributed by atoms with E-state index in [1.807, 2.05) is 36.7 Å². The topological polar surface area (TPSA) is 97.6 Å². The molecule has 29 heavy (non-hydrogen) atoms. The van der Waals surface area contributed by atoms with E-state index in [4.69, 9.17) is 4.74 Å². The highest BCUT2D eigenvalue weighted by Crippen LogP contribution is 2.16. The van der Waals surface area contributed by atoms with E-state index < -0.39 is 9.84 Å². The quantitative estimate of drug-likeness (QED) is 0.220. The van der Waals surface area contributed by atoms with Gasteiger partial charge in [-0.25, -0.2) is 13.1 Å². The van der Waals surface area contributed by atoms with E-state index in [1.54, 1.807) is 7.05 Å². The maximum absolute atomic E-state index is 11.1. The van der Waals surface area contributed by atoms with E-state index in [0.717, 1.165) is 22.6 Å². The Labute approximate surface area is 190 Å². The molecular formula is C19H30IN5O3S. The van der Waals surface area contributed by atoms with Crippen LogP contribution in [0.2, 0.25) is 0 Å². The Balaban J connectivity index is 0.00000420. The number of sulfone groups is 1. The Morgan fingerprint density at radius 3 is 2.55 bits per heavy atom. The molecule has 0 aliphatic carbocycles. The van der Waals surface area contributed by atoms with Crippen LogP contribution in [-0.4, -0.2) is 63.0 Å². The number of aliphatic imine (C=N–C) groups is 1. The lowest BCUT2D eigenvalue weighted by Gasteiger charge is -2.15. The predicted octanol–water partition coefficient (Wildman–Crippen LogP) is 1.83. The third kappa shape index (κ3) is 8.70. The second kappa shape index (κ2) is 12.1. The smallest absolute Gasteiger partial charge is 0.191 e. The van der Waals surface area contributed by atoms with Gasteiger partial charge in [-0.05, 0) is 31.5 Å². The average Bonchev–Trinajstić information content (AvgIpc) is 2.98. The lowest BCUT2D eigenvalue weighted by Crippen LogP contribution is -2.38. The van der Waals surface area contributed by atoms with Crippen LogP contribution in [0.25, 0.3) is 5.69 Å². The molecule has 2 rings (SSSR count). The van der Waals surface area contributed by atoms with Gasteiger partial charge in [0.2, 0.25) is 0 Å². The van der Waals surface area contributed by atoms with Crippen molar-refractivity contribution in [3.05, 3.63) is 47.3 Å². The van der Waals surface area contributed by atoms with E-state index >= 15 is 0 Å². The molecule has 0 atom stereocenters. The maximum atomic E-state index is 11.1. The highest BCUT2D eigenvalue weighted by Gasteiger charge is 2.09. The van der Waals surface area contributed by atoms with E-state index in [1.165, 1.54) is 6.26 Å². The number of benzene rings is 1.